The third-order valence-electron chi connectivity index (χ3n) is 4.32. The average Bonchev–Trinajstić information content (AvgIpc) is 3.35. The van der Waals surface area contributed by atoms with Crippen molar-refractivity contribution in [2.45, 2.75) is 13.5 Å². The predicted molar refractivity (Wildman–Crippen MR) is 86.8 cm³/mol. The molecule has 0 N–H and O–H groups in total. The number of hydrogen-bond donors (Lipinski definition) is 0. The highest BCUT2D eigenvalue weighted by molar-refractivity contribution is 6.10. The fourth-order valence-electron chi connectivity index (χ4n) is 2.70. The van der Waals surface area contributed by atoms with Crippen LogP contribution in [0.4, 0.5) is 0 Å². The molecule has 0 unspecified atom stereocenters. The molecule has 1 aliphatic rings. The molecule has 1 fully saturated rings. The van der Waals surface area contributed by atoms with Crippen molar-refractivity contribution in [3.63, 3.8) is 0 Å². The topological polar surface area (TPSA) is 64.1 Å². The van der Waals surface area contributed by atoms with Crippen LogP contribution in [0.25, 0.3) is 0 Å². The van der Waals surface area contributed by atoms with Crippen LogP contribution in [0.3, 0.4) is 0 Å². The van der Waals surface area contributed by atoms with Gasteiger partial charge in [0.1, 0.15) is 5.56 Å². The normalized spacial score (nSPS) is 14.0. The van der Waals surface area contributed by atoms with Crippen molar-refractivity contribution >= 4 is 5.78 Å². The predicted octanol–water partition coefficient (Wildman–Crippen LogP) is 0.439. The largest absolute Gasteiger partial charge is 0.330 e. The minimum Gasteiger partial charge on any atom is -0.299 e. The van der Waals surface area contributed by atoms with E-state index in [-0.39, 0.29) is 11.3 Å². The Kier molecular flexibility index (Phi) is 3.77. The lowest BCUT2D eigenvalue weighted by molar-refractivity contribution is 0.103. The first kappa shape index (κ1) is 15.4. The molecule has 1 saturated heterocycles. The van der Waals surface area contributed by atoms with E-state index in [1.807, 2.05) is 19.1 Å². The highest BCUT2D eigenvalue weighted by Crippen LogP contribution is 2.17. The van der Waals surface area contributed by atoms with Crippen LogP contribution < -0.4 is 11.2 Å². The van der Waals surface area contributed by atoms with E-state index in [2.05, 4.69) is 4.90 Å². The number of rotatable bonds is 4. The SMILES string of the molecule is Cc1ccccc1C(=O)c1c(CN2CC2)n(C)c(=O)n(C)c1=O. The van der Waals surface area contributed by atoms with Gasteiger partial charge in [-0.1, -0.05) is 24.3 Å². The molecule has 0 bridgehead atoms. The van der Waals surface area contributed by atoms with Gasteiger partial charge in [-0.25, -0.2) is 4.79 Å². The molecule has 2 aromatic rings. The second-order valence-electron chi connectivity index (χ2n) is 5.95. The van der Waals surface area contributed by atoms with E-state index in [0.717, 1.165) is 23.2 Å². The molecule has 0 amide bonds. The number of ketones is 1. The van der Waals surface area contributed by atoms with Gasteiger partial charge in [-0.2, -0.15) is 0 Å². The molecular weight excluding hydrogens is 294 g/mol. The zero-order valence-electron chi connectivity index (χ0n) is 13.5. The first-order valence-electron chi connectivity index (χ1n) is 7.53. The van der Waals surface area contributed by atoms with E-state index in [0.29, 0.717) is 17.8 Å². The second kappa shape index (κ2) is 5.62. The monoisotopic (exact) mass is 313 g/mol. The first-order chi connectivity index (χ1) is 10.9. The van der Waals surface area contributed by atoms with E-state index in [1.165, 1.54) is 11.6 Å². The summed E-state index contributed by atoms with van der Waals surface area (Å²) in [5.41, 5.74) is 0.951. The van der Waals surface area contributed by atoms with E-state index >= 15 is 0 Å². The Labute approximate surface area is 133 Å². The summed E-state index contributed by atoms with van der Waals surface area (Å²) in [5.74, 6) is -0.323. The summed E-state index contributed by atoms with van der Waals surface area (Å²) in [4.78, 5) is 39.8. The Bertz CT molecular complexity index is 904. The van der Waals surface area contributed by atoms with Gasteiger partial charge in [0, 0.05) is 39.3 Å². The van der Waals surface area contributed by atoms with Crippen LogP contribution in [0.2, 0.25) is 0 Å². The molecule has 0 atom stereocenters. The molecule has 6 heteroatoms. The molecule has 0 radical (unpaired) electrons. The zero-order valence-corrected chi connectivity index (χ0v) is 13.5. The highest BCUT2D eigenvalue weighted by atomic mass is 16.2. The number of carbonyl (C=O) groups excluding carboxylic acids is 1. The van der Waals surface area contributed by atoms with Crippen LogP contribution in [0, 0.1) is 6.92 Å². The van der Waals surface area contributed by atoms with E-state index < -0.39 is 11.2 Å². The lowest BCUT2D eigenvalue weighted by atomic mass is 9.98. The van der Waals surface area contributed by atoms with Gasteiger partial charge in [0.2, 0.25) is 5.78 Å². The minimum absolute atomic E-state index is 0.0933. The summed E-state index contributed by atoms with van der Waals surface area (Å²) < 4.78 is 2.41. The van der Waals surface area contributed by atoms with Crippen molar-refractivity contribution in [2.75, 3.05) is 13.1 Å². The van der Waals surface area contributed by atoms with Crippen molar-refractivity contribution in [2.24, 2.45) is 14.1 Å². The van der Waals surface area contributed by atoms with Crippen LogP contribution >= 0.6 is 0 Å². The standard InChI is InChI=1S/C17H19N3O3/c1-11-6-4-5-7-12(11)15(21)14-13(10-20-8-9-20)18(2)17(23)19(3)16(14)22/h4-7H,8-10H2,1-3H3. The molecule has 1 aliphatic heterocycles. The molecule has 23 heavy (non-hydrogen) atoms. The Morgan fingerprint density at radius 2 is 1.74 bits per heavy atom. The number of aryl methyl sites for hydroxylation is 1. The van der Waals surface area contributed by atoms with Gasteiger partial charge in [-0.3, -0.25) is 23.6 Å². The summed E-state index contributed by atoms with van der Waals surface area (Å²) in [5, 5.41) is 0. The smallest absolute Gasteiger partial charge is 0.299 e. The quantitative estimate of drug-likeness (QED) is 0.607. The second-order valence-corrected chi connectivity index (χ2v) is 5.95. The summed E-state index contributed by atoms with van der Waals surface area (Å²) >= 11 is 0. The van der Waals surface area contributed by atoms with E-state index in [4.69, 9.17) is 0 Å². The molecule has 1 aromatic carbocycles. The summed E-state index contributed by atoms with van der Waals surface area (Å²) in [7, 11) is 3.01. The van der Waals surface area contributed by atoms with Crippen LogP contribution in [0.15, 0.2) is 33.9 Å². The lowest BCUT2D eigenvalue weighted by Crippen LogP contribution is -2.43. The van der Waals surface area contributed by atoms with Crippen molar-refractivity contribution in [1.29, 1.82) is 0 Å². The maximum Gasteiger partial charge on any atom is 0.330 e. The molecule has 0 spiro atoms. The van der Waals surface area contributed by atoms with Gasteiger partial charge >= 0.3 is 5.69 Å². The molecule has 0 saturated carbocycles. The van der Waals surface area contributed by atoms with Crippen molar-refractivity contribution in [1.82, 2.24) is 14.0 Å². The summed E-state index contributed by atoms with van der Waals surface area (Å²) in [6, 6.07) is 7.17. The van der Waals surface area contributed by atoms with Gasteiger partial charge in [0.25, 0.3) is 5.56 Å². The number of benzene rings is 1. The highest BCUT2D eigenvalue weighted by Gasteiger charge is 2.27. The Balaban J connectivity index is 2.25. The summed E-state index contributed by atoms with van der Waals surface area (Å²) in [6.45, 7) is 4.11. The maximum atomic E-state index is 13.0. The van der Waals surface area contributed by atoms with Crippen molar-refractivity contribution in [3.8, 4) is 0 Å². The van der Waals surface area contributed by atoms with Gasteiger partial charge in [0.15, 0.2) is 0 Å². The molecule has 1 aromatic heterocycles. The third kappa shape index (κ3) is 2.66. The third-order valence-corrected chi connectivity index (χ3v) is 4.32. The molecule has 0 aliphatic carbocycles. The average molecular weight is 313 g/mol. The minimum atomic E-state index is -0.529. The molecule has 6 nitrogen and oxygen atoms in total. The van der Waals surface area contributed by atoms with E-state index in [9.17, 15) is 14.4 Å². The van der Waals surface area contributed by atoms with Gasteiger partial charge in [-0.15, -0.1) is 0 Å². The fourth-order valence-corrected chi connectivity index (χ4v) is 2.70. The van der Waals surface area contributed by atoms with E-state index in [1.54, 1.807) is 19.2 Å². The van der Waals surface area contributed by atoms with Crippen LogP contribution in [-0.4, -0.2) is 32.9 Å². The number of hydrogen-bond acceptors (Lipinski definition) is 4. The van der Waals surface area contributed by atoms with Gasteiger partial charge in [0.05, 0.1) is 5.69 Å². The number of aromatic nitrogens is 2. The molecule has 3 rings (SSSR count). The molecule has 120 valence electrons. The van der Waals surface area contributed by atoms with Crippen LogP contribution in [0.5, 0.6) is 0 Å². The summed E-state index contributed by atoms with van der Waals surface area (Å²) in [6.07, 6.45) is 0. The van der Waals surface area contributed by atoms with Crippen LogP contribution in [0.1, 0.15) is 27.2 Å². The molecule has 2 heterocycles. The van der Waals surface area contributed by atoms with Crippen molar-refractivity contribution < 1.29 is 4.79 Å². The number of nitrogens with zero attached hydrogens (tertiary/aromatic N) is 3. The maximum absolute atomic E-state index is 13.0. The zero-order chi connectivity index (χ0) is 16.7. The van der Waals surface area contributed by atoms with Gasteiger partial charge in [-0.05, 0) is 12.5 Å². The van der Waals surface area contributed by atoms with Gasteiger partial charge < -0.3 is 0 Å². The molecular formula is C17H19N3O3. The Morgan fingerprint density at radius 1 is 1.09 bits per heavy atom. The Morgan fingerprint density at radius 3 is 2.35 bits per heavy atom. The first-order valence-corrected chi connectivity index (χ1v) is 7.53. The Hall–Kier alpha value is -2.47. The lowest BCUT2D eigenvalue weighted by Gasteiger charge is -2.15. The van der Waals surface area contributed by atoms with Crippen molar-refractivity contribution in [3.05, 3.63) is 67.5 Å². The number of carbonyl (C=O) groups is 1. The fraction of sp³-hybridized carbons (Fsp3) is 0.353. The van der Waals surface area contributed by atoms with Crippen LogP contribution in [-0.2, 0) is 20.6 Å².